The minimum atomic E-state index is -0.957. The maximum absolute atomic E-state index is 11.7. The molecule has 0 saturated heterocycles. The fourth-order valence-electron chi connectivity index (χ4n) is 1.73. The van der Waals surface area contributed by atoms with Crippen LogP contribution >= 0.6 is 11.3 Å². The van der Waals surface area contributed by atoms with Crippen molar-refractivity contribution in [3.8, 4) is 11.3 Å². The summed E-state index contributed by atoms with van der Waals surface area (Å²) in [6, 6.07) is 9.56. The lowest BCUT2D eigenvalue weighted by Crippen LogP contribution is -2.29. The Bertz CT molecular complexity index is 642. The first kappa shape index (κ1) is 16.1. The second-order valence-corrected chi connectivity index (χ2v) is 5.39. The van der Waals surface area contributed by atoms with Gasteiger partial charge in [0, 0.05) is 18.1 Å². The van der Waals surface area contributed by atoms with Crippen molar-refractivity contribution in [1.29, 1.82) is 0 Å². The van der Waals surface area contributed by atoms with Crippen molar-refractivity contribution in [2.24, 2.45) is 0 Å². The zero-order chi connectivity index (χ0) is 15.9. The molecule has 22 heavy (non-hydrogen) atoms. The third-order valence-corrected chi connectivity index (χ3v) is 3.45. The number of aromatic nitrogens is 1. The van der Waals surface area contributed by atoms with Crippen molar-refractivity contribution in [3.63, 3.8) is 0 Å². The van der Waals surface area contributed by atoms with Crippen molar-refractivity contribution in [1.82, 2.24) is 4.98 Å². The van der Waals surface area contributed by atoms with E-state index < -0.39 is 18.0 Å². The van der Waals surface area contributed by atoms with Gasteiger partial charge in [0.05, 0.1) is 12.3 Å². The lowest BCUT2D eigenvalue weighted by atomic mass is 10.2. The molecule has 1 aromatic carbocycles. The van der Waals surface area contributed by atoms with Gasteiger partial charge in [0.2, 0.25) is 0 Å². The average molecular weight is 320 g/mol. The molecule has 0 aliphatic carbocycles. The Morgan fingerprint density at radius 3 is 2.73 bits per heavy atom. The maximum Gasteiger partial charge on any atom is 0.397 e. The first-order valence-corrected chi connectivity index (χ1v) is 7.50. The van der Waals surface area contributed by atoms with Crippen LogP contribution in [0.25, 0.3) is 11.3 Å². The normalized spacial score (nSPS) is 11.7. The van der Waals surface area contributed by atoms with E-state index in [0.717, 1.165) is 11.3 Å². The number of carbonyl (C=O) groups excluding carboxylic acids is 2. The number of carbonyl (C=O) groups is 2. The second kappa shape index (κ2) is 7.67. The molecule has 116 valence electrons. The maximum atomic E-state index is 11.7. The number of thiazole rings is 1. The van der Waals surface area contributed by atoms with Crippen LogP contribution in [0, 0.1) is 0 Å². The number of rotatable bonds is 5. The van der Waals surface area contributed by atoms with E-state index in [1.807, 2.05) is 35.7 Å². The van der Waals surface area contributed by atoms with Crippen molar-refractivity contribution in [2.75, 3.05) is 19.0 Å². The highest BCUT2D eigenvalue weighted by molar-refractivity contribution is 7.14. The first-order valence-electron chi connectivity index (χ1n) is 6.62. The number of benzene rings is 1. The number of nitrogens with zero attached hydrogens (tertiary/aromatic N) is 1. The van der Waals surface area contributed by atoms with Crippen LogP contribution in [0.1, 0.15) is 6.92 Å². The molecule has 1 N–H and O–H groups in total. The number of ether oxygens (including phenoxy) is 2. The Morgan fingerprint density at radius 1 is 1.32 bits per heavy atom. The standard InChI is InChI=1S/C15H16N2O4S/c1-10(8-20-2)21-14(19)13(18)17-15-16-12(9-22-15)11-6-4-3-5-7-11/h3-7,9-10H,8H2,1-2H3,(H,16,17,18). The summed E-state index contributed by atoms with van der Waals surface area (Å²) in [5.41, 5.74) is 1.68. The van der Waals surface area contributed by atoms with Crippen molar-refractivity contribution >= 4 is 28.3 Å². The highest BCUT2D eigenvalue weighted by Crippen LogP contribution is 2.24. The first-order chi connectivity index (χ1) is 10.6. The summed E-state index contributed by atoms with van der Waals surface area (Å²) < 4.78 is 9.75. The van der Waals surface area contributed by atoms with Crippen molar-refractivity contribution < 1.29 is 19.1 Å². The molecule has 2 rings (SSSR count). The van der Waals surface area contributed by atoms with E-state index in [2.05, 4.69) is 10.3 Å². The number of esters is 1. The zero-order valence-electron chi connectivity index (χ0n) is 12.2. The molecule has 1 heterocycles. The number of hydrogen-bond acceptors (Lipinski definition) is 6. The van der Waals surface area contributed by atoms with Crippen LogP contribution in [0.4, 0.5) is 5.13 Å². The largest absolute Gasteiger partial charge is 0.453 e. The van der Waals surface area contributed by atoms with E-state index in [0.29, 0.717) is 5.13 Å². The van der Waals surface area contributed by atoms with E-state index in [9.17, 15) is 9.59 Å². The molecular formula is C15H16N2O4S. The molecule has 0 fully saturated rings. The summed E-state index contributed by atoms with van der Waals surface area (Å²) in [5.74, 6) is -1.81. The van der Waals surface area contributed by atoms with Crippen LogP contribution in [0.2, 0.25) is 0 Å². The number of anilines is 1. The van der Waals surface area contributed by atoms with Gasteiger partial charge >= 0.3 is 11.9 Å². The molecule has 1 unspecified atom stereocenters. The summed E-state index contributed by atoms with van der Waals surface area (Å²) >= 11 is 1.24. The van der Waals surface area contributed by atoms with Crippen LogP contribution < -0.4 is 5.32 Å². The number of methoxy groups -OCH3 is 1. The smallest absolute Gasteiger partial charge is 0.397 e. The van der Waals surface area contributed by atoms with Gasteiger partial charge in [-0.2, -0.15) is 0 Å². The van der Waals surface area contributed by atoms with E-state index in [1.165, 1.54) is 18.4 Å². The molecular weight excluding hydrogens is 304 g/mol. The van der Waals surface area contributed by atoms with E-state index in [1.54, 1.807) is 6.92 Å². The van der Waals surface area contributed by atoms with Gasteiger partial charge in [-0.25, -0.2) is 9.78 Å². The Kier molecular flexibility index (Phi) is 5.62. The summed E-state index contributed by atoms with van der Waals surface area (Å²) in [5, 5.41) is 4.59. The minimum Gasteiger partial charge on any atom is -0.453 e. The quantitative estimate of drug-likeness (QED) is 0.676. The van der Waals surface area contributed by atoms with Gasteiger partial charge < -0.3 is 9.47 Å². The van der Waals surface area contributed by atoms with Crippen LogP contribution in [-0.2, 0) is 19.1 Å². The van der Waals surface area contributed by atoms with Gasteiger partial charge in [0.15, 0.2) is 5.13 Å². The molecule has 0 radical (unpaired) electrons. The molecule has 0 saturated carbocycles. The fourth-order valence-corrected chi connectivity index (χ4v) is 2.44. The SMILES string of the molecule is COCC(C)OC(=O)C(=O)Nc1nc(-c2ccccc2)cs1. The molecule has 7 heteroatoms. The Morgan fingerprint density at radius 2 is 2.05 bits per heavy atom. The lowest BCUT2D eigenvalue weighted by Gasteiger charge is -2.11. The van der Waals surface area contributed by atoms with Gasteiger partial charge in [-0.3, -0.25) is 10.1 Å². The number of nitrogens with one attached hydrogen (secondary N) is 1. The molecule has 6 nitrogen and oxygen atoms in total. The van der Waals surface area contributed by atoms with Gasteiger partial charge in [-0.05, 0) is 6.92 Å². The van der Waals surface area contributed by atoms with Crippen LogP contribution in [-0.4, -0.2) is 36.7 Å². The summed E-state index contributed by atoms with van der Waals surface area (Å²) in [7, 11) is 1.49. The molecule has 0 spiro atoms. The summed E-state index contributed by atoms with van der Waals surface area (Å²) in [6.45, 7) is 1.88. The van der Waals surface area contributed by atoms with Gasteiger partial charge in [0.25, 0.3) is 0 Å². The monoisotopic (exact) mass is 320 g/mol. The van der Waals surface area contributed by atoms with Gasteiger partial charge in [-0.1, -0.05) is 30.3 Å². The van der Waals surface area contributed by atoms with Crippen LogP contribution in [0.5, 0.6) is 0 Å². The predicted molar refractivity (Wildman–Crippen MR) is 83.6 cm³/mol. The van der Waals surface area contributed by atoms with Crippen molar-refractivity contribution in [3.05, 3.63) is 35.7 Å². The fraction of sp³-hybridized carbons (Fsp3) is 0.267. The average Bonchev–Trinajstić information content (AvgIpc) is 2.96. The molecule has 0 bridgehead atoms. The molecule has 1 aromatic heterocycles. The molecule has 0 aliphatic heterocycles. The highest BCUT2D eigenvalue weighted by atomic mass is 32.1. The van der Waals surface area contributed by atoms with E-state index in [4.69, 9.17) is 9.47 Å². The number of amides is 1. The highest BCUT2D eigenvalue weighted by Gasteiger charge is 2.20. The third-order valence-electron chi connectivity index (χ3n) is 2.69. The molecule has 0 aliphatic rings. The molecule has 1 atom stereocenters. The van der Waals surface area contributed by atoms with E-state index >= 15 is 0 Å². The van der Waals surface area contributed by atoms with Crippen molar-refractivity contribution in [2.45, 2.75) is 13.0 Å². The lowest BCUT2D eigenvalue weighted by molar-refractivity contribution is -0.157. The predicted octanol–water partition coefficient (Wildman–Crippen LogP) is 2.33. The summed E-state index contributed by atoms with van der Waals surface area (Å²) in [4.78, 5) is 27.6. The topological polar surface area (TPSA) is 77.5 Å². The van der Waals surface area contributed by atoms with Gasteiger partial charge in [-0.15, -0.1) is 11.3 Å². The minimum absolute atomic E-state index is 0.231. The second-order valence-electron chi connectivity index (χ2n) is 4.53. The third kappa shape index (κ3) is 4.37. The van der Waals surface area contributed by atoms with Crippen LogP contribution in [0.15, 0.2) is 35.7 Å². The molecule has 2 aromatic rings. The number of hydrogen-bond donors (Lipinski definition) is 1. The summed E-state index contributed by atoms with van der Waals surface area (Å²) in [6.07, 6.45) is -0.487. The Hall–Kier alpha value is -2.25. The van der Waals surface area contributed by atoms with E-state index in [-0.39, 0.29) is 6.61 Å². The Labute approximate surface area is 132 Å². The zero-order valence-corrected chi connectivity index (χ0v) is 13.1. The van der Waals surface area contributed by atoms with Crippen LogP contribution in [0.3, 0.4) is 0 Å². The Balaban J connectivity index is 1.95. The molecule has 1 amide bonds. The van der Waals surface area contributed by atoms with Gasteiger partial charge in [0.1, 0.15) is 6.10 Å².